The average Bonchev–Trinajstić information content (AvgIpc) is 2.99. The van der Waals surface area contributed by atoms with E-state index < -0.39 is 40.0 Å². The Morgan fingerprint density at radius 2 is 1.43 bits per heavy atom. The summed E-state index contributed by atoms with van der Waals surface area (Å²) in [6.07, 6.45) is 0.175. The van der Waals surface area contributed by atoms with E-state index in [0.29, 0.717) is 20.6 Å². The fourth-order valence-corrected chi connectivity index (χ4v) is 6.82. The molecule has 0 fully saturated rings. The quantitative estimate of drug-likeness (QED) is 0.174. The van der Waals surface area contributed by atoms with Gasteiger partial charge in [0, 0.05) is 33.6 Å². The summed E-state index contributed by atoms with van der Waals surface area (Å²) in [5, 5.41) is 4.10. The highest BCUT2D eigenvalue weighted by molar-refractivity contribution is 7.92. The smallest absolute Gasteiger partial charge is 0.264 e. The van der Waals surface area contributed by atoms with Crippen molar-refractivity contribution in [1.82, 2.24) is 10.2 Å². The number of halogens is 3. The number of nitrogens with zero attached hydrogens (tertiary/aromatic N) is 2. The summed E-state index contributed by atoms with van der Waals surface area (Å²) in [7, 11) is -4.25. The van der Waals surface area contributed by atoms with Crippen molar-refractivity contribution in [3.8, 4) is 0 Å². The van der Waals surface area contributed by atoms with E-state index >= 15 is 0 Å². The van der Waals surface area contributed by atoms with Crippen LogP contribution in [-0.4, -0.2) is 43.3 Å². The number of hydrogen-bond acceptors (Lipinski definition) is 4. The van der Waals surface area contributed by atoms with Gasteiger partial charge in [-0.15, -0.1) is 0 Å². The molecule has 0 spiro atoms. The number of benzene rings is 4. The first-order chi connectivity index (χ1) is 21.6. The van der Waals surface area contributed by atoms with Crippen LogP contribution in [0.1, 0.15) is 37.5 Å². The molecule has 0 radical (unpaired) electrons. The third-order valence-electron chi connectivity index (χ3n) is 7.13. The minimum Gasteiger partial charge on any atom is -0.350 e. The van der Waals surface area contributed by atoms with Crippen LogP contribution in [0.25, 0.3) is 0 Å². The minimum absolute atomic E-state index is 0.0381. The number of amides is 2. The van der Waals surface area contributed by atoms with E-state index in [0.717, 1.165) is 15.4 Å². The molecule has 0 saturated carbocycles. The Balaban J connectivity index is 1.83. The van der Waals surface area contributed by atoms with Crippen LogP contribution >= 0.6 is 34.8 Å². The second-order valence-electron chi connectivity index (χ2n) is 12.0. The molecule has 1 atom stereocenters. The molecule has 0 aliphatic carbocycles. The van der Waals surface area contributed by atoms with Crippen LogP contribution in [0.3, 0.4) is 0 Å². The summed E-state index contributed by atoms with van der Waals surface area (Å²) in [5.74, 6) is -0.994. The van der Waals surface area contributed by atoms with Gasteiger partial charge in [-0.3, -0.25) is 13.9 Å². The van der Waals surface area contributed by atoms with Gasteiger partial charge in [-0.2, -0.15) is 0 Å². The maximum atomic E-state index is 14.6. The van der Waals surface area contributed by atoms with Gasteiger partial charge in [0.2, 0.25) is 11.8 Å². The minimum atomic E-state index is -4.25. The zero-order valence-corrected chi connectivity index (χ0v) is 29.1. The van der Waals surface area contributed by atoms with Crippen molar-refractivity contribution in [2.75, 3.05) is 10.8 Å². The van der Waals surface area contributed by atoms with Gasteiger partial charge in [-0.05, 0) is 87.4 Å². The Kier molecular flexibility index (Phi) is 11.4. The molecule has 4 aromatic rings. The van der Waals surface area contributed by atoms with Gasteiger partial charge in [-0.25, -0.2) is 8.42 Å². The van der Waals surface area contributed by atoms with Gasteiger partial charge in [-0.1, -0.05) is 88.9 Å². The molecular weight excluding hydrogens is 665 g/mol. The first-order valence-corrected chi connectivity index (χ1v) is 17.2. The second-order valence-corrected chi connectivity index (χ2v) is 15.1. The summed E-state index contributed by atoms with van der Waals surface area (Å²) < 4.78 is 29.3. The van der Waals surface area contributed by atoms with Crippen molar-refractivity contribution in [3.05, 3.63) is 129 Å². The fourth-order valence-electron chi connectivity index (χ4n) is 4.81. The lowest BCUT2D eigenvalue weighted by Gasteiger charge is -2.35. The molecule has 0 aliphatic rings. The van der Waals surface area contributed by atoms with Crippen molar-refractivity contribution >= 4 is 62.3 Å². The third-order valence-corrected chi connectivity index (χ3v) is 9.75. The molecule has 11 heteroatoms. The highest BCUT2D eigenvalue weighted by Crippen LogP contribution is 2.28. The Morgan fingerprint density at radius 1 is 0.826 bits per heavy atom. The molecule has 0 aliphatic heterocycles. The van der Waals surface area contributed by atoms with E-state index in [1.165, 1.54) is 29.2 Å². The molecule has 0 saturated heterocycles. The highest BCUT2D eigenvalue weighted by atomic mass is 35.5. The van der Waals surface area contributed by atoms with Gasteiger partial charge in [0.15, 0.2) is 0 Å². The molecule has 4 rings (SSSR count). The van der Waals surface area contributed by atoms with Crippen LogP contribution < -0.4 is 9.62 Å². The lowest BCUT2D eigenvalue weighted by atomic mass is 10.0. The molecule has 242 valence electrons. The van der Waals surface area contributed by atoms with E-state index in [9.17, 15) is 18.0 Å². The number of aryl methyl sites for hydroxylation is 1. The van der Waals surface area contributed by atoms with E-state index in [1.54, 1.807) is 42.5 Å². The molecule has 4 aromatic carbocycles. The maximum Gasteiger partial charge on any atom is 0.264 e. The average molecular weight is 701 g/mol. The summed E-state index contributed by atoms with van der Waals surface area (Å²) >= 11 is 18.8. The van der Waals surface area contributed by atoms with Crippen molar-refractivity contribution in [2.45, 2.75) is 57.1 Å². The van der Waals surface area contributed by atoms with Crippen LogP contribution in [0.4, 0.5) is 5.69 Å². The van der Waals surface area contributed by atoms with Gasteiger partial charge in [0.05, 0.1) is 10.6 Å². The van der Waals surface area contributed by atoms with Crippen molar-refractivity contribution in [1.29, 1.82) is 0 Å². The molecule has 2 amide bonds. The second kappa shape index (κ2) is 14.9. The number of rotatable bonds is 11. The first kappa shape index (κ1) is 35.3. The monoisotopic (exact) mass is 699 g/mol. The topological polar surface area (TPSA) is 86.8 Å². The van der Waals surface area contributed by atoms with Crippen molar-refractivity contribution in [3.63, 3.8) is 0 Å². The van der Waals surface area contributed by atoms with Crippen LogP contribution in [0.2, 0.25) is 15.1 Å². The number of hydrogen-bond donors (Lipinski definition) is 1. The molecule has 0 heterocycles. The number of carbonyl (C=O) groups is 2. The van der Waals surface area contributed by atoms with Gasteiger partial charge >= 0.3 is 0 Å². The van der Waals surface area contributed by atoms with Crippen LogP contribution in [0.15, 0.2) is 102 Å². The Morgan fingerprint density at radius 3 is 2.02 bits per heavy atom. The van der Waals surface area contributed by atoms with Crippen molar-refractivity contribution < 1.29 is 18.0 Å². The largest absolute Gasteiger partial charge is 0.350 e. The van der Waals surface area contributed by atoms with E-state index in [-0.39, 0.29) is 23.5 Å². The molecule has 46 heavy (non-hydrogen) atoms. The third kappa shape index (κ3) is 9.26. The predicted molar refractivity (Wildman–Crippen MR) is 186 cm³/mol. The van der Waals surface area contributed by atoms with Gasteiger partial charge in [0.25, 0.3) is 10.0 Å². The van der Waals surface area contributed by atoms with E-state index in [4.69, 9.17) is 34.8 Å². The summed E-state index contributed by atoms with van der Waals surface area (Å²) in [4.78, 5) is 29.9. The zero-order valence-electron chi connectivity index (χ0n) is 26.0. The standard InChI is InChI=1S/C35H36Cl3N3O4S/c1-24-10-16-29(17-11-24)41(46(44,45)30-18-14-27(36)15-19-30)23-33(42)40(22-26-12-13-28(37)21-31(26)38)32(34(43)39-35(2,3)4)20-25-8-6-5-7-9-25/h5-19,21,32H,20,22-23H2,1-4H3,(H,39,43). The summed E-state index contributed by atoms with van der Waals surface area (Å²) in [6.45, 7) is 6.77. The van der Waals surface area contributed by atoms with Gasteiger partial charge < -0.3 is 10.2 Å². The molecule has 0 aromatic heterocycles. The van der Waals surface area contributed by atoms with Crippen LogP contribution in [0, 0.1) is 6.92 Å². The molecule has 7 nitrogen and oxygen atoms in total. The zero-order chi connectivity index (χ0) is 33.6. The van der Waals surface area contributed by atoms with Crippen molar-refractivity contribution in [2.24, 2.45) is 0 Å². The summed E-state index contributed by atoms with van der Waals surface area (Å²) in [6, 6.07) is 25.8. The molecular formula is C35H36Cl3N3O4S. The highest BCUT2D eigenvalue weighted by Gasteiger charge is 2.36. The lowest BCUT2D eigenvalue weighted by molar-refractivity contribution is -0.140. The summed E-state index contributed by atoms with van der Waals surface area (Å²) in [5.41, 5.74) is 1.96. The number of nitrogens with one attached hydrogen (secondary N) is 1. The number of carbonyl (C=O) groups excluding carboxylic acids is 2. The molecule has 1 N–H and O–H groups in total. The Hall–Kier alpha value is -3.56. The van der Waals surface area contributed by atoms with E-state index in [2.05, 4.69) is 5.32 Å². The predicted octanol–water partition coefficient (Wildman–Crippen LogP) is 7.71. The van der Waals surface area contributed by atoms with E-state index in [1.807, 2.05) is 58.0 Å². The SMILES string of the molecule is Cc1ccc(N(CC(=O)N(Cc2ccc(Cl)cc2Cl)C(Cc2ccccc2)C(=O)NC(C)(C)C)S(=O)(=O)c2ccc(Cl)cc2)cc1. The maximum absolute atomic E-state index is 14.6. The van der Waals surface area contributed by atoms with Crippen LogP contribution in [0.5, 0.6) is 0 Å². The Bertz CT molecular complexity index is 1780. The molecule has 0 bridgehead atoms. The fraction of sp³-hybridized carbons (Fsp3) is 0.257. The van der Waals surface area contributed by atoms with Crippen LogP contribution in [-0.2, 0) is 32.6 Å². The number of sulfonamides is 1. The lowest BCUT2D eigenvalue weighted by Crippen LogP contribution is -2.56. The first-order valence-electron chi connectivity index (χ1n) is 14.6. The normalized spacial score (nSPS) is 12.3. The van der Waals surface area contributed by atoms with Gasteiger partial charge in [0.1, 0.15) is 12.6 Å². The number of anilines is 1. The Labute approximate surface area is 286 Å². The molecule has 1 unspecified atom stereocenters.